The van der Waals surface area contributed by atoms with Crippen LogP contribution in [0.5, 0.6) is 0 Å². The lowest BCUT2D eigenvalue weighted by atomic mass is 10.1. The zero-order chi connectivity index (χ0) is 12.7. The molecule has 0 fully saturated rings. The van der Waals surface area contributed by atoms with Crippen molar-refractivity contribution in [3.63, 3.8) is 0 Å². The highest BCUT2D eigenvalue weighted by molar-refractivity contribution is 6.01. The van der Waals surface area contributed by atoms with Crippen molar-refractivity contribution >= 4 is 21.9 Å². The molecule has 2 heterocycles. The van der Waals surface area contributed by atoms with Crippen molar-refractivity contribution in [2.45, 2.75) is 26.8 Å². The van der Waals surface area contributed by atoms with E-state index in [0.29, 0.717) is 12.0 Å². The molecule has 0 bridgehead atoms. The standard InChI is InChI=1S/C15H17N3/c1-10(2)11(3)18-9-17-14-8-16-13-7-5-4-6-12(13)15(14)18/h4-11H,1-3H3/t11-/m1/s1. The van der Waals surface area contributed by atoms with Gasteiger partial charge < -0.3 is 4.57 Å². The molecule has 0 radical (unpaired) electrons. The molecule has 92 valence electrons. The lowest BCUT2D eigenvalue weighted by Crippen LogP contribution is -2.10. The minimum atomic E-state index is 0.431. The van der Waals surface area contributed by atoms with Gasteiger partial charge in [-0.3, -0.25) is 4.98 Å². The summed E-state index contributed by atoms with van der Waals surface area (Å²) >= 11 is 0. The van der Waals surface area contributed by atoms with Crippen molar-refractivity contribution < 1.29 is 0 Å². The van der Waals surface area contributed by atoms with Crippen LogP contribution in [0.15, 0.2) is 36.8 Å². The molecule has 0 amide bonds. The Morgan fingerprint density at radius 2 is 1.78 bits per heavy atom. The number of imidazole rings is 1. The smallest absolute Gasteiger partial charge is 0.107 e. The second kappa shape index (κ2) is 4.09. The zero-order valence-electron chi connectivity index (χ0n) is 11.0. The SMILES string of the molecule is CC(C)[C@@H](C)n1cnc2cnc3ccccc3c21. The quantitative estimate of drug-likeness (QED) is 0.681. The summed E-state index contributed by atoms with van der Waals surface area (Å²) < 4.78 is 2.27. The van der Waals surface area contributed by atoms with E-state index in [-0.39, 0.29) is 0 Å². The molecule has 0 saturated heterocycles. The Hall–Kier alpha value is -1.90. The second-order valence-electron chi connectivity index (χ2n) is 5.15. The van der Waals surface area contributed by atoms with Gasteiger partial charge in [0.05, 0.1) is 23.6 Å². The fourth-order valence-electron chi connectivity index (χ4n) is 2.29. The molecule has 0 saturated carbocycles. The molecule has 0 aliphatic heterocycles. The maximum absolute atomic E-state index is 4.47. The number of nitrogens with zero attached hydrogens (tertiary/aromatic N) is 3. The van der Waals surface area contributed by atoms with Gasteiger partial charge in [0.25, 0.3) is 0 Å². The normalized spacial score (nSPS) is 13.6. The van der Waals surface area contributed by atoms with Gasteiger partial charge in [0.15, 0.2) is 0 Å². The van der Waals surface area contributed by atoms with Gasteiger partial charge in [0.1, 0.15) is 5.52 Å². The maximum atomic E-state index is 4.47. The molecule has 0 aliphatic carbocycles. The lowest BCUT2D eigenvalue weighted by Gasteiger charge is -2.18. The van der Waals surface area contributed by atoms with Crippen LogP contribution in [0.25, 0.3) is 21.9 Å². The van der Waals surface area contributed by atoms with E-state index in [2.05, 4.69) is 47.4 Å². The summed E-state index contributed by atoms with van der Waals surface area (Å²) in [6, 6.07) is 8.68. The molecule has 3 nitrogen and oxygen atoms in total. The molecule has 2 aromatic heterocycles. The van der Waals surface area contributed by atoms with Crippen LogP contribution in [-0.2, 0) is 0 Å². The first-order valence-electron chi connectivity index (χ1n) is 6.39. The van der Waals surface area contributed by atoms with Crippen molar-refractivity contribution in [1.82, 2.24) is 14.5 Å². The highest BCUT2D eigenvalue weighted by Crippen LogP contribution is 2.27. The Kier molecular flexibility index (Phi) is 2.54. The summed E-state index contributed by atoms with van der Waals surface area (Å²) in [5.74, 6) is 0.578. The molecule has 0 aliphatic rings. The predicted molar refractivity (Wildman–Crippen MR) is 74.6 cm³/mol. The van der Waals surface area contributed by atoms with Crippen LogP contribution in [-0.4, -0.2) is 14.5 Å². The topological polar surface area (TPSA) is 30.7 Å². The number of fused-ring (bicyclic) bond motifs is 3. The summed E-state index contributed by atoms with van der Waals surface area (Å²) in [4.78, 5) is 8.92. The summed E-state index contributed by atoms with van der Waals surface area (Å²) in [6.45, 7) is 6.71. The van der Waals surface area contributed by atoms with Crippen molar-refractivity contribution in [2.24, 2.45) is 5.92 Å². The van der Waals surface area contributed by atoms with Gasteiger partial charge in [-0.15, -0.1) is 0 Å². The molecule has 3 aromatic rings. The number of para-hydroxylation sites is 1. The predicted octanol–water partition coefficient (Wildman–Crippen LogP) is 3.80. The second-order valence-corrected chi connectivity index (χ2v) is 5.15. The fourth-order valence-corrected chi connectivity index (χ4v) is 2.29. The van der Waals surface area contributed by atoms with Gasteiger partial charge >= 0.3 is 0 Å². The summed E-state index contributed by atoms with van der Waals surface area (Å²) in [7, 11) is 0. The summed E-state index contributed by atoms with van der Waals surface area (Å²) in [5, 5.41) is 1.18. The van der Waals surface area contributed by atoms with E-state index in [4.69, 9.17) is 0 Å². The van der Waals surface area contributed by atoms with Gasteiger partial charge in [-0.2, -0.15) is 0 Å². The highest BCUT2D eigenvalue weighted by atomic mass is 15.1. The average Bonchev–Trinajstić information content (AvgIpc) is 2.81. The minimum Gasteiger partial charge on any atom is -0.327 e. The van der Waals surface area contributed by atoms with Gasteiger partial charge in [-0.05, 0) is 18.9 Å². The third kappa shape index (κ3) is 1.58. The summed E-state index contributed by atoms with van der Waals surface area (Å²) in [6.07, 6.45) is 3.80. The molecule has 1 aromatic carbocycles. The van der Waals surface area contributed by atoms with Gasteiger partial charge in [0.2, 0.25) is 0 Å². The van der Waals surface area contributed by atoms with E-state index in [1.54, 1.807) is 0 Å². The first-order valence-corrected chi connectivity index (χ1v) is 6.39. The Morgan fingerprint density at radius 3 is 2.56 bits per heavy atom. The first kappa shape index (κ1) is 11.2. The highest BCUT2D eigenvalue weighted by Gasteiger charge is 2.14. The van der Waals surface area contributed by atoms with Crippen LogP contribution in [0.1, 0.15) is 26.8 Å². The van der Waals surface area contributed by atoms with Crippen LogP contribution < -0.4 is 0 Å². The number of benzene rings is 1. The van der Waals surface area contributed by atoms with E-state index >= 15 is 0 Å². The van der Waals surface area contributed by atoms with Crippen LogP contribution in [0.2, 0.25) is 0 Å². The molecule has 0 N–H and O–H groups in total. The molecule has 0 spiro atoms. The van der Waals surface area contributed by atoms with E-state index in [9.17, 15) is 0 Å². The van der Waals surface area contributed by atoms with Gasteiger partial charge in [-0.1, -0.05) is 32.0 Å². The Morgan fingerprint density at radius 1 is 1.00 bits per heavy atom. The third-order valence-corrected chi connectivity index (χ3v) is 3.71. The van der Waals surface area contributed by atoms with E-state index in [0.717, 1.165) is 11.0 Å². The molecular formula is C15H17N3. The molecule has 3 rings (SSSR count). The number of pyridine rings is 1. The van der Waals surface area contributed by atoms with Crippen LogP contribution in [0, 0.1) is 5.92 Å². The van der Waals surface area contributed by atoms with Crippen molar-refractivity contribution in [3.05, 3.63) is 36.8 Å². The number of aromatic nitrogens is 3. The first-order chi connectivity index (χ1) is 8.68. The van der Waals surface area contributed by atoms with Crippen molar-refractivity contribution in [2.75, 3.05) is 0 Å². The third-order valence-electron chi connectivity index (χ3n) is 3.71. The zero-order valence-corrected chi connectivity index (χ0v) is 11.0. The van der Waals surface area contributed by atoms with Gasteiger partial charge in [0, 0.05) is 11.4 Å². The summed E-state index contributed by atoms with van der Waals surface area (Å²) in [5.41, 5.74) is 3.20. The molecular weight excluding hydrogens is 222 g/mol. The monoisotopic (exact) mass is 239 g/mol. The number of hydrogen-bond donors (Lipinski definition) is 0. The van der Waals surface area contributed by atoms with E-state index < -0.39 is 0 Å². The Labute approximate surface area is 106 Å². The van der Waals surface area contributed by atoms with E-state index in [1.165, 1.54) is 10.9 Å². The minimum absolute atomic E-state index is 0.431. The van der Waals surface area contributed by atoms with Crippen LogP contribution >= 0.6 is 0 Å². The Bertz CT molecular complexity index is 697. The van der Waals surface area contributed by atoms with E-state index in [1.807, 2.05) is 24.7 Å². The van der Waals surface area contributed by atoms with Crippen molar-refractivity contribution in [3.8, 4) is 0 Å². The maximum Gasteiger partial charge on any atom is 0.107 e. The molecule has 3 heteroatoms. The van der Waals surface area contributed by atoms with Crippen molar-refractivity contribution in [1.29, 1.82) is 0 Å². The average molecular weight is 239 g/mol. The van der Waals surface area contributed by atoms with Crippen LogP contribution in [0.4, 0.5) is 0 Å². The number of rotatable bonds is 2. The van der Waals surface area contributed by atoms with Gasteiger partial charge in [-0.25, -0.2) is 4.98 Å². The van der Waals surface area contributed by atoms with Crippen LogP contribution in [0.3, 0.4) is 0 Å². The Balaban J connectivity index is 2.37. The molecule has 18 heavy (non-hydrogen) atoms. The lowest BCUT2D eigenvalue weighted by molar-refractivity contribution is 0.417. The molecule has 0 unspecified atom stereocenters. The number of hydrogen-bond acceptors (Lipinski definition) is 2. The fraction of sp³-hybridized carbons (Fsp3) is 0.333. The molecule has 1 atom stereocenters. The largest absolute Gasteiger partial charge is 0.327 e.